The lowest BCUT2D eigenvalue weighted by Gasteiger charge is -2.12. The van der Waals surface area contributed by atoms with Crippen molar-refractivity contribution in [2.24, 2.45) is 11.7 Å². The zero-order chi connectivity index (χ0) is 11.5. The molecule has 4 heteroatoms. The molecule has 1 aliphatic carbocycles. The van der Waals surface area contributed by atoms with E-state index in [0.29, 0.717) is 0 Å². The van der Waals surface area contributed by atoms with Crippen molar-refractivity contribution in [1.82, 2.24) is 0 Å². The Balaban J connectivity index is 0.00000144. The number of halogens is 1. The molecule has 0 radical (unpaired) electrons. The summed E-state index contributed by atoms with van der Waals surface area (Å²) in [7, 11) is 0. The molecule has 0 spiro atoms. The summed E-state index contributed by atoms with van der Waals surface area (Å²) in [6.45, 7) is 1.51. The van der Waals surface area contributed by atoms with Crippen LogP contribution in [0.1, 0.15) is 37.8 Å². The summed E-state index contributed by atoms with van der Waals surface area (Å²) in [6, 6.07) is 7.95. The van der Waals surface area contributed by atoms with Gasteiger partial charge in [-0.2, -0.15) is 0 Å². The van der Waals surface area contributed by atoms with Gasteiger partial charge in [0.15, 0.2) is 0 Å². The molecule has 94 valence electrons. The molecule has 2 rings (SSSR count). The normalized spacial score (nSPS) is 15.9. The number of nitrogens with two attached hydrogens (primary N) is 1. The van der Waals surface area contributed by atoms with Crippen LogP contribution < -0.4 is 11.1 Å². The molecule has 0 aliphatic heterocycles. The number of anilines is 1. The van der Waals surface area contributed by atoms with Crippen LogP contribution in [-0.4, -0.2) is 5.91 Å². The molecular weight excluding hydrogens is 236 g/mol. The Labute approximate surface area is 108 Å². The molecule has 3 N–H and O–H groups in total. The first kappa shape index (κ1) is 14.0. The average molecular weight is 255 g/mol. The van der Waals surface area contributed by atoms with Gasteiger partial charge in [-0.1, -0.05) is 25.0 Å². The third-order valence-electron chi connectivity index (χ3n) is 2.94. The molecule has 1 atom stereocenters. The molecule has 1 aliphatic rings. The number of amides is 1. The van der Waals surface area contributed by atoms with Crippen LogP contribution in [0.3, 0.4) is 0 Å². The van der Waals surface area contributed by atoms with Crippen molar-refractivity contribution in [3.63, 3.8) is 0 Å². The summed E-state index contributed by atoms with van der Waals surface area (Å²) in [5.41, 5.74) is 8.08. The zero-order valence-corrected chi connectivity index (χ0v) is 10.8. The predicted molar refractivity (Wildman–Crippen MR) is 72.3 cm³/mol. The second-order valence-corrected chi connectivity index (χ2v) is 4.59. The van der Waals surface area contributed by atoms with Crippen molar-refractivity contribution in [3.05, 3.63) is 29.8 Å². The zero-order valence-electron chi connectivity index (χ0n) is 9.98. The van der Waals surface area contributed by atoms with Crippen LogP contribution in [0.4, 0.5) is 5.69 Å². The number of hydrogen-bond acceptors (Lipinski definition) is 2. The predicted octanol–water partition coefficient (Wildman–Crippen LogP) is 2.87. The van der Waals surface area contributed by atoms with Crippen molar-refractivity contribution in [3.8, 4) is 0 Å². The van der Waals surface area contributed by atoms with E-state index in [1.165, 1.54) is 19.8 Å². The van der Waals surface area contributed by atoms with Crippen LogP contribution in [0.2, 0.25) is 0 Å². The van der Waals surface area contributed by atoms with Gasteiger partial charge in [-0.25, -0.2) is 0 Å². The fourth-order valence-electron chi connectivity index (χ4n) is 1.87. The minimum absolute atomic E-state index is 0. The van der Waals surface area contributed by atoms with E-state index >= 15 is 0 Å². The summed E-state index contributed by atoms with van der Waals surface area (Å²) in [6.07, 6.45) is 3.74. The third kappa shape index (κ3) is 4.36. The SMILES string of the molecule is CC(=O)Nc1ccc([C@H](N)CC2CC2)cc1.Cl. The quantitative estimate of drug-likeness (QED) is 0.868. The molecule has 1 fully saturated rings. The van der Waals surface area contributed by atoms with Crippen LogP contribution in [0, 0.1) is 5.92 Å². The molecule has 1 saturated carbocycles. The molecule has 0 saturated heterocycles. The van der Waals surface area contributed by atoms with E-state index in [-0.39, 0.29) is 24.4 Å². The highest BCUT2D eigenvalue weighted by Crippen LogP contribution is 2.36. The number of rotatable bonds is 4. The minimum Gasteiger partial charge on any atom is -0.326 e. The maximum absolute atomic E-state index is 10.8. The van der Waals surface area contributed by atoms with Gasteiger partial charge in [-0.15, -0.1) is 12.4 Å². The molecule has 17 heavy (non-hydrogen) atoms. The van der Waals surface area contributed by atoms with Gasteiger partial charge in [0.1, 0.15) is 0 Å². The number of carbonyl (C=O) groups excluding carboxylic acids is 1. The highest BCUT2D eigenvalue weighted by atomic mass is 35.5. The van der Waals surface area contributed by atoms with Crippen molar-refractivity contribution in [2.45, 2.75) is 32.2 Å². The van der Waals surface area contributed by atoms with Crippen molar-refractivity contribution in [1.29, 1.82) is 0 Å². The van der Waals surface area contributed by atoms with E-state index in [2.05, 4.69) is 5.32 Å². The van der Waals surface area contributed by atoms with Gasteiger partial charge in [-0.3, -0.25) is 4.79 Å². The van der Waals surface area contributed by atoms with Crippen LogP contribution in [0.5, 0.6) is 0 Å². The van der Waals surface area contributed by atoms with Gasteiger partial charge < -0.3 is 11.1 Å². The molecule has 1 amide bonds. The standard InChI is InChI=1S/C13H18N2O.ClH/c1-9(16)15-12-6-4-11(5-7-12)13(14)8-10-2-3-10;/h4-7,10,13H,2-3,8,14H2,1H3,(H,15,16);1H/t13-;/m1./s1. The fourth-order valence-corrected chi connectivity index (χ4v) is 1.87. The minimum atomic E-state index is -0.0463. The highest BCUT2D eigenvalue weighted by Gasteiger charge is 2.24. The molecule has 0 bridgehead atoms. The maximum Gasteiger partial charge on any atom is 0.221 e. The molecule has 1 aromatic carbocycles. The van der Waals surface area contributed by atoms with Gasteiger partial charge in [0.05, 0.1) is 0 Å². The van der Waals surface area contributed by atoms with Crippen molar-refractivity contribution < 1.29 is 4.79 Å². The average Bonchev–Trinajstić information content (AvgIpc) is 3.01. The fraction of sp³-hybridized carbons (Fsp3) is 0.462. The van der Waals surface area contributed by atoms with E-state index < -0.39 is 0 Å². The first-order chi connectivity index (χ1) is 7.65. The second-order valence-electron chi connectivity index (χ2n) is 4.59. The molecule has 0 unspecified atom stereocenters. The highest BCUT2D eigenvalue weighted by molar-refractivity contribution is 5.88. The lowest BCUT2D eigenvalue weighted by molar-refractivity contribution is -0.114. The Hall–Kier alpha value is -1.06. The van der Waals surface area contributed by atoms with E-state index in [9.17, 15) is 4.79 Å². The lowest BCUT2D eigenvalue weighted by atomic mass is 10.0. The molecule has 3 nitrogen and oxygen atoms in total. The summed E-state index contributed by atoms with van der Waals surface area (Å²) in [4.78, 5) is 10.8. The maximum atomic E-state index is 10.8. The van der Waals surface area contributed by atoms with Crippen molar-refractivity contribution in [2.75, 3.05) is 5.32 Å². The largest absolute Gasteiger partial charge is 0.326 e. The van der Waals surface area contributed by atoms with Gasteiger partial charge in [-0.05, 0) is 30.0 Å². The number of nitrogens with one attached hydrogen (secondary N) is 1. The Bertz CT molecular complexity index is 374. The van der Waals surface area contributed by atoms with Gasteiger partial charge in [0, 0.05) is 18.7 Å². The van der Waals surface area contributed by atoms with Gasteiger partial charge in [0.2, 0.25) is 5.91 Å². The summed E-state index contributed by atoms with van der Waals surface area (Å²) in [5, 5.41) is 2.74. The van der Waals surface area contributed by atoms with Gasteiger partial charge in [0.25, 0.3) is 0 Å². The number of carbonyl (C=O) groups is 1. The monoisotopic (exact) mass is 254 g/mol. The van der Waals surface area contributed by atoms with Crippen LogP contribution >= 0.6 is 12.4 Å². The van der Waals surface area contributed by atoms with E-state index in [1.54, 1.807) is 0 Å². The summed E-state index contributed by atoms with van der Waals surface area (Å²) < 4.78 is 0. The lowest BCUT2D eigenvalue weighted by Crippen LogP contribution is -2.11. The van der Waals surface area contributed by atoms with Crippen LogP contribution in [-0.2, 0) is 4.79 Å². The third-order valence-corrected chi connectivity index (χ3v) is 2.94. The Morgan fingerprint density at radius 2 is 2.00 bits per heavy atom. The van der Waals surface area contributed by atoms with Crippen LogP contribution in [0.25, 0.3) is 0 Å². The summed E-state index contributed by atoms with van der Waals surface area (Å²) in [5.74, 6) is 0.792. The molecule has 0 aromatic heterocycles. The Kier molecular flexibility index (Phi) is 4.97. The van der Waals surface area contributed by atoms with Crippen LogP contribution in [0.15, 0.2) is 24.3 Å². The number of benzene rings is 1. The Morgan fingerprint density at radius 1 is 1.41 bits per heavy atom. The molecule has 0 heterocycles. The van der Waals surface area contributed by atoms with Gasteiger partial charge >= 0.3 is 0 Å². The van der Waals surface area contributed by atoms with E-state index in [1.807, 2.05) is 24.3 Å². The van der Waals surface area contributed by atoms with E-state index in [4.69, 9.17) is 5.73 Å². The van der Waals surface area contributed by atoms with Crippen molar-refractivity contribution >= 4 is 24.0 Å². The van der Waals surface area contributed by atoms with E-state index in [0.717, 1.165) is 23.6 Å². The first-order valence-corrected chi connectivity index (χ1v) is 5.78. The topological polar surface area (TPSA) is 55.1 Å². The number of hydrogen-bond donors (Lipinski definition) is 2. The summed E-state index contributed by atoms with van der Waals surface area (Å²) >= 11 is 0. The second kappa shape index (κ2) is 6.03. The molecular formula is C13H19ClN2O. The smallest absolute Gasteiger partial charge is 0.221 e. The Morgan fingerprint density at radius 3 is 2.47 bits per heavy atom. The molecule has 1 aromatic rings. The first-order valence-electron chi connectivity index (χ1n) is 5.78.